The molecule has 0 bridgehead atoms. The van der Waals surface area contributed by atoms with E-state index in [1.54, 1.807) is 0 Å². The Morgan fingerprint density at radius 2 is 2.14 bits per heavy atom. The molecule has 74 valence electrons. The van der Waals surface area contributed by atoms with Crippen molar-refractivity contribution < 1.29 is 0 Å². The van der Waals surface area contributed by atoms with Crippen LogP contribution in [-0.2, 0) is 0 Å². The van der Waals surface area contributed by atoms with E-state index in [2.05, 4.69) is 42.4 Å². The van der Waals surface area contributed by atoms with Gasteiger partial charge in [-0.15, -0.1) is 5.54 Å². The molecule has 0 saturated heterocycles. The molecule has 14 heavy (non-hydrogen) atoms. The second kappa shape index (κ2) is 3.29. The van der Waals surface area contributed by atoms with Crippen molar-refractivity contribution in [3.8, 4) is 11.5 Å². The van der Waals surface area contributed by atoms with Crippen molar-refractivity contribution in [3.63, 3.8) is 0 Å². The van der Waals surface area contributed by atoms with Gasteiger partial charge in [0.2, 0.25) is 0 Å². The quantitative estimate of drug-likeness (QED) is 0.507. The van der Waals surface area contributed by atoms with Crippen molar-refractivity contribution in [1.29, 1.82) is 0 Å². The zero-order chi connectivity index (χ0) is 10.2. The first-order chi connectivity index (χ1) is 6.54. The van der Waals surface area contributed by atoms with E-state index in [1.165, 1.54) is 12.8 Å². The summed E-state index contributed by atoms with van der Waals surface area (Å²) in [5.74, 6) is 3.22. The molecule has 0 aromatic carbocycles. The van der Waals surface area contributed by atoms with Crippen LogP contribution < -0.4 is 0 Å². The summed E-state index contributed by atoms with van der Waals surface area (Å²) in [5.41, 5.74) is 4.42. The Morgan fingerprint density at radius 1 is 1.43 bits per heavy atom. The van der Waals surface area contributed by atoms with Crippen molar-refractivity contribution in [2.45, 2.75) is 38.5 Å². The van der Waals surface area contributed by atoms with Crippen LogP contribution in [0.3, 0.4) is 0 Å². The van der Waals surface area contributed by atoms with Crippen LogP contribution in [0.15, 0.2) is 12.4 Å². The molecule has 0 unspecified atom stereocenters. The zero-order valence-electron chi connectivity index (χ0n) is 9.04. The van der Waals surface area contributed by atoms with Crippen molar-refractivity contribution in [1.82, 2.24) is 9.78 Å². The summed E-state index contributed by atoms with van der Waals surface area (Å²) in [7, 11) is -1.24. The Labute approximate surface area is 86.3 Å². The monoisotopic (exact) mass is 204 g/mol. The fourth-order valence-electron chi connectivity index (χ4n) is 1.20. The molecule has 1 aromatic rings. The van der Waals surface area contributed by atoms with E-state index in [0.717, 1.165) is 5.56 Å². The van der Waals surface area contributed by atoms with Crippen LogP contribution in [0.2, 0.25) is 19.6 Å². The Kier molecular flexibility index (Phi) is 2.24. The highest BCUT2D eigenvalue weighted by Crippen LogP contribution is 2.33. The van der Waals surface area contributed by atoms with Crippen molar-refractivity contribution in [3.05, 3.63) is 18.0 Å². The maximum absolute atomic E-state index is 4.31. The predicted octanol–water partition coefficient (Wildman–Crippen LogP) is 2.45. The van der Waals surface area contributed by atoms with Gasteiger partial charge in [0.15, 0.2) is 0 Å². The molecule has 1 fully saturated rings. The van der Waals surface area contributed by atoms with Gasteiger partial charge >= 0.3 is 0 Å². The van der Waals surface area contributed by atoms with Gasteiger partial charge in [-0.3, -0.25) is 4.68 Å². The molecule has 0 radical (unpaired) electrons. The van der Waals surface area contributed by atoms with Crippen LogP contribution in [0, 0.1) is 11.5 Å². The van der Waals surface area contributed by atoms with Crippen LogP contribution in [0.5, 0.6) is 0 Å². The van der Waals surface area contributed by atoms with Crippen molar-refractivity contribution in [2.24, 2.45) is 0 Å². The third-order valence-electron chi connectivity index (χ3n) is 2.10. The molecule has 1 saturated carbocycles. The third kappa shape index (κ3) is 2.49. The molecule has 1 aromatic heterocycles. The number of aromatic nitrogens is 2. The Hall–Kier alpha value is -1.01. The molecule has 0 spiro atoms. The molecule has 2 rings (SSSR count). The normalized spacial score (nSPS) is 16.2. The van der Waals surface area contributed by atoms with Crippen LogP contribution in [0.1, 0.15) is 24.4 Å². The van der Waals surface area contributed by atoms with E-state index in [1.807, 2.05) is 10.9 Å². The first-order valence-electron chi connectivity index (χ1n) is 5.12. The lowest BCUT2D eigenvalue weighted by Crippen LogP contribution is -2.16. The molecular formula is C11H16N2Si. The summed E-state index contributed by atoms with van der Waals surface area (Å²) in [6, 6.07) is 0.664. The fourth-order valence-corrected chi connectivity index (χ4v) is 1.72. The first kappa shape index (κ1) is 9.54. The molecule has 1 aliphatic rings. The predicted molar refractivity (Wildman–Crippen MR) is 60.7 cm³/mol. The largest absolute Gasteiger partial charge is 0.268 e. The van der Waals surface area contributed by atoms with E-state index in [0.29, 0.717) is 6.04 Å². The maximum atomic E-state index is 4.31. The number of nitrogens with zero attached hydrogens (tertiary/aromatic N) is 2. The summed E-state index contributed by atoms with van der Waals surface area (Å²) < 4.78 is 2.05. The zero-order valence-corrected chi connectivity index (χ0v) is 10.0. The second-order valence-corrected chi connectivity index (χ2v) is 9.69. The van der Waals surface area contributed by atoms with Crippen molar-refractivity contribution >= 4 is 8.07 Å². The smallest absolute Gasteiger partial charge is 0.129 e. The van der Waals surface area contributed by atoms with Gasteiger partial charge in [0, 0.05) is 6.20 Å². The Bertz CT molecular complexity index is 385. The van der Waals surface area contributed by atoms with Gasteiger partial charge in [-0.1, -0.05) is 25.6 Å². The van der Waals surface area contributed by atoms with Crippen molar-refractivity contribution in [2.75, 3.05) is 0 Å². The van der Waals surface area contributed by atoms with Gasteiger partial charge in [0.1, 0.15) is 8.07 Å². The SMILES string of the molecule is C[Si](C)(C)C#Cc1cnn(C2CC2)c1. The molecule has 0 amide bonds. The summed E-state index contributed by atoms with van der Waals surface area (Å²) in [5, 5.41) is 4.31. The molecular weight excluding hydrogens is 188 g/mol. The van der Waals surface area contributed by atoms with Gasteiger partial charge in [-0.25, -0.2) is 0 Å². The van der Waals surface area contributed by atoms with Gasteiger partial charge in [-0.05, 0) is 12.8 Å². The lowest BCUT2D eigenvalue weighted by molar-refractivity contribution is 0.641. The minimum Gasteiger partial charge on any atom is -0.268 e. The van der Waals surface area contributed by atoms with Crippen LogP contribution in [-0.4, -0.2) is 17.9 Å². The summed E-state index contributed by atoms with van der Waals surface area (Å²) in [4.78, 5) is 0. The summed E-state index contributed by atoms with van der Waals surface area (Å²) in [6.07, 6.45) is 6.52. The van der Waals surface area contributed by atoms with E-state index in [9.17, 15) is 0 Å². The van der Waals surface area contributed by atoms with E-state index in [-0.39, 0.29) is 0 Å². The van der Waals surface area contributed by atoms with Gasteiger partial charge in [0.25, 0.3) is 0 Å². The minimum atomic E-state index is -1.24. The molecule has 1 aliphatic carbocycles. The van der Waals surface area contributed by atoms with Crippen LogP contribution >= 0.6 is 0 Å². The van der Waals surface area contributed by atoms with Crippen LogP contribution in [0.4, 0.5) is 0 Å². The standard InChI is InChI=1S/C11H16N2Si/c1-14(2,3)7-6-10-8-12-13(9-10)11-4-5-11/h8-9,11H,4-5H2,1-3H3. The Balaban J connectivity index is 2.11. The molecule has 0 N–H and O–H groups in total. The topological polar surface area (TPSA) is 17.8 Å². The first-order valence-corrected chi connectivity index (χ1v) is 8.62. The fraction of sp³-hybridized carbons (Fsp3) is 0.545. The number of rotatable bonds is 1. The molecule has 2 nitrogen and oxygen atoms in total. The van der Waals surface area contributed by atoms with Gasteiger partial charge in [0.05, 0.1) is 17.8 Å². The lowest BCUT2D eigenvalue weighted by atomic mass is 10.4. The highest BCUT2D eigenvalue weighted by molar-refractivity contribution is 6.83. The summed E-state index contributed by atoms with van der Waals surface area (Å²) in [6.45, 7) is 6.77. The van der Waals surface area contributed by atoms with Gasteiger partial charge in [-0.2, -0.15) is 5.10 Å². The lowest BCUT2D eigenvalue weighted by Gasteiger charge is -2.02. The number of hydrogen-bond donors (Lipinski definition) is 0. The second-order valence-electron chi connectivity index (χ2n) is 4.94. The molecule has 0 aliphatic heterocycles. The maximum Gasteiger partial charge on any atom is 0.129 e. The molecule has 0 atom stereocenters. The third-order valence-corrected chi connectivity index (χ3v) is 2.98. The highest BCUT2D eigenvalue weighted by Gasteiger charge is 2.23. The molecule has 1 heterocycles. The van der Waals surface area contributed by atoms with Crippen LogP contribution in [0.25, 0.3) is 0 Å². The van der Waals surface area contributed by atoms with E-state index >= 15 is 0 Å². The van der Waals surface area contributed by atoms with E-state index in [4.69, 9.17) is 0 Å². The highest BCUT2D eigenvalue weighted by atomic mass is 28.3. The average Bonchev–Trinajstić information content (AvgIpc) is 2.81. The minimum absolute atomic E-state index is 0.664. The van der Waals surface area contributed by atoms with Gasteiger partial charge < -0.3 is 0 Å². The molecule has 3 heteroatoms. The van der Waals surface area contributed by atoms with E-state index < -0.39 is 8.07 Å². The Morgan fingerprint density at radius 3 is 2.71 bits per heavy atom. The average molecular weight is 204 g/mol. The number of hydrogen-bond acceptors (Lipinski definition) is 1. The summed E-state index contributed by atoms with van der Waals surface area (Å²) >= 11 is 0.